The van der Waals surface area contributed by atoms with Crippen LogP contribution in [0.4, 0.5) is 36.4 Å². The van der Waals surface area contributed by atoms with Gasteiger partial charge in [-0.15, -0.1) is 0 Å². The summed E-state index contributed by atoms with van der Waals surface area (Å²) in [5.74, 6) is -5.23. The Labute approximate surface area is 220 Å². The molecule has 0 aliphatic carbocycles. The maximum Gasteiger partial charge on any atom is 0.417 e. The van der Waals surface area contributed by atoms with Crippen LogP contribution in [-0.4, -0.2) is 28.7 Å². The molecule has 0 spiro atoms. The molecule has 0 fully saturated rings. The Morgan fingerprint density at radius 2 is 1.62 bits per heavy atom. The van der Waals surface area contributed by atoms with Gasteiger partial charge in [0.25, 0.3) is 0 Å². The van der Waals surface area contributed by atoms with Gasteiger partial charge in [0.15, 0.2) is 5.78 Å². The minimum absolute atomic E-state index is 0.0882. The standard InChI is InChI=1S/C23H13Cl3F7N3O/c24-17-6-12(7-18(25)21(17)26)15(22(28,29)30)8-19(27)11-1-2-14(16(5-11)23(31,32)33)20(37)10-34-13-3-4-35-36-9-13/h1-9,15H,10H2,(H,34,35)/b19-8-. The van der Waals surface area contributed by atoms with E-state index in [9.17, 15) is 35.5 Å². The number of ketones is 1. The lowest BCUT2D eigenvalue weighted by atomic mass is 9.95. The third kappa shape index (κ3) is 7.12. The number of allylic oxidation sites excluding steroid dienone is 1. The number of hydrogen-bond acceptors (Lipinski definition) is 4. The van der Waals surface area contributed by atoms with Crippen LogP contribution in [-0.2, 0) is 6.18 Å². The lowest BCUT2D eigenvalue weighted by Crippen LogP contribution is -2.20. The number of nitrogens with one attached hydrogen (secondary N) is 1. The zero-order valence-electron chi connectivity index (χ0n) is 18.1. The Kier molecular flexibility index (Phi) is 8.71. The largest absolute Gasteiger partial charge is 0.417 e. The third-order valence-electron chi connectivity index (χ3n) is 4.97. The lowest BCUT2D eigenvalue weighted by Gasteiger charge is -2.19. The van der Waals surface area contributed by atoms with E-state index < -0.39 is 58.7 Å². The van der Waals surface area contributed by atoms with Crippen molar-refractivity contribution >= 4 is 52.1 Å². The molecule has 0 bridgehead atoms. The molecular weight excluding hydrogens is 574 g/mol. The number of alkyl halides is 6. The quantitative estimate of drug-likeness (QED) is 0.172. The number of halogens is 10. The van der Waals surface area contributed by atoms with E-state index in [-0.39, 0.29) is 27.2 Å². The molecule has 1 N–H and O–H groups in total. The first-order chi connectivity index (χ1) is 17.2. The van der Waals surface area contributed by atoms with Crippen LogP contribution < -0.4 is 5.32 Å². The van der Waals surface area contributed by atoms with E-state index in [4.69, 9.17) is 34.8 Å². The summed E-state index contributed by atoms with van der Waals surface area (Å²) in [6, 6.07) is 4.81. The molecule has 0 saturated heterocycles. The van der Waals surface area contributed by atoms with Gasteiger partial charge in [-0.25, -0.2) is 4.39 Å². The summed E-state index contributed by atoms with van der Waals surface area (Å²) in [6.45, 7) is -0.569. The minimum Gasteiger partial charge on any atom is -0.376 e. The Morgan fingerprint density at radius 1 is 0.973 bits per heavy atom. The van der Waals surface area contributed by atoms with E-state index in [0.717, 1.165) is 18.2 Å². The molecule has 3 rings (SSSR count). The molecule has 1 atom stereocenters. The summed E-state index contributed by atoms with van der Waals surface area (Å²) < 4.78 is 97.3. The number of hydrogen-bond donors (Lipinski definition) is 1. The van der Waals surface area contributed by atoms with Crippen molar-refractivity contribution in [2.75, 3.05) is 11.9 Å². The van der Waals surface area contributed by atoms with Crippen LogP contribution >= 0.6 is 34.8 Å². The molecule has 0 amide bonds. The second kappa shape index (κ2) is 11.2. The van der Waals surface area contributed by atoms with E-state index in [2.05, 4.69) is 15.5 Å². The molecule has 14 heteroatoms. The van der Waals surface area contributed by atoms with E-state index in [1.165, 1.54) is 18.5 Å². The molecule has 0 saturated carbocycles. The van der Waals surface area contributed by atoms with Crippen molar-refractivity contribution in [3.05, 3.63) is 92.2 Å². The number of benzene rings is 2. The fraction of sp³-hybridized carbons (Fsp3) is 0.174. The van der Waals surface area contributed by atoms with Crippen LogP contribution in [0.15, 0.2) is 54.9 Å². The maximum atomic E-state index is 14.9. The van der Waals surface area contributed by atoms with Gasteiger partial charge in [0.1, 0.15) is 11.7 Å². The van der Waals surface area contributed by atoms with Crippen molar-refractivity contribution in [2.45, 2.75) is 18.3 Å². The second-order valence-electron chi connectivity index (χ2n) is 7.50. The maximum absolute atomic E-state index is 14.9. The zero-order valence-corrected chi connectivity index (χ0v) is 20.3. The summed E-state index contributed by atoms with van der Waals surface area (Å²) >= 11 is 17.3. The smallest absolute Gasteiger partial charge is 0.376 e. The van der Waals surface area contributed by atoms with Crippen LogP contribution in [0.25, 0.3) is 5.83 Å². The van der Waals surface area contributed by atoms with Crippen LogP contribution in [0, 0.1) is 0 Å². The van der Waals surface area contributed by atoms with Crippen molar-refractivity contribution in [1.29, 1.82) is 0 Å². The highest BCUT2D eigenvalue weighted by atomic mass is 35.5. The average Bonchev–Trinajstić information content (AvgIpc) is 2.83. The van der Waals surface area contributed by atoms with Gasteiger partial charge in [0.2, 0.25) is 0 Å². The van der Waals surface area contributed by atoms with E-state index >= 15 is 0 Å². The fourth-order valence-corrected chi connectivity index (χ4v) is 3.83. The number of aromatic nitrogens is 2. The first-order valence-corrected chi connectivity index (χ1v) is 11.2. The van der Waals surface area contributed by atoms with Gasteiger partial charge in [-0.1, -0.05) is 46.9 Å². The number of rotatable bonds is 7. The fourth-order valence-electron chi connectivity index (χ4n) is 3.22. The number of nitrogens with zero attached hydrogens (tertiary/aromatic N) is 2. The van der Waals surface area contributed by atoms with Gasteiger partial charge in [-0.2, -0.15) is 36.5 Å². The number of carbonyl (C=O) groups is 1. The third-order valence-corrected chi connectivity index (χ3v) is 6.17. The molecule has 1 heterocycles. The number of anilines is 1. The highest BCUT2D eigenvalue weighted by molar-refractivity contribution is 6.48. The average molecular weight is 587 g/mol. The van der Waals surface area contributed by atoms with Crippen molar-refractivity contribution < 1.29 is 35.5 Å². The molecule has 0 radical (unpaired) electrons. The second-order valence-corrected chi connectivity index (χ2v) is 8.69. The van der Waals surface area contributed by atoms with Crippen LogP contribution in [0.1, 0.15) is 33.0 Å². The Morgan fingerprint density at radius 3 is 2.16 bits per heavy atom. The first kappa shape index (κ1) is 28.7. The molecule has 1 aromatic heterocycles. The SMILES string of the molecule is O=C(CNc1ccnnc1)c1ccc(/C(F)=C/C(c2cc(Cl)c(Cl)c(Cl)c2)C(F)(F)F)cc1C(F)(F)F. The number of Topliss-reactive ketones (excluding diaryl/α,β-unsaturated/α-hetero) is 1. The monoisotopic (exact) mass is 585 g/mol. The minimum atomic E-state index is -5.11. The summed E-state index contributed by atoms with van der Waals surface area (Å²) in [4.78, 5) is 12.5. The molecule has 2 aromatic carbocycles. The first-order valence-electron chi connectivity index (χ1n) is 10.0. The molecule has 0 aliphatic rings. The van der Waals surface area contributed by atoms with Gasteiger partial charge < -0.3 is 5.32 Å². The summed E-state index contributed by atoms with van der Waals surface area (Å²) in [6.07, 6.45) is -7.56. The molecule has 196 valence electrons. The Bertz CT molecular complexity index is 1310. The van der Waals surface area contributed by atoms with E-state index in [1.54, 1.807) is 0 Å². The molecule has 1 unspecified atom stereocenters. The normalized spacial score (nSPS) is 13.4. The van der Waals surface area contributed by atoms with Crippen molar-refractivity contribution in [1.82, 2.24) is 10.2 Å². The Balaban J connectivity index is 1.99. The zero-order chi connectivity index (χ0) is 27.5. The van der Waals surface area contributed by atoms with Crippen LogP contribution in [0.2, 0.25) is 15.1 Å². The molecule has 4 nitrogen and oxygen atoms in total. The summed E-state index contributed by atoms with van der Waals surface area (Å²) in [7, 11) is 0. The molecular formula is C23H13Cl3F7N3O. The topological polar surface area (TPSA) is 54.9 Å². The molecule has 0 aliphatic heterocycles. The Hall–Kier alpha value is -2.89. The van der Waals surface area contributed by atoms with Crippen molar-refractivity contribution in [3.63, 3.8) is 0 Å². The summed E-state index contributed by atoms with van der Waals surface area (Å²) in [5.41, 5.74) is -3.42. The molecule has 3 aromatic rings. The van der Waals surface area contributed by atoms with Gasteiger partial charge in [0, 0.05) is 11.1 Å². The van der Waals surface area contributed by atoms with Gasteiger partial charge in [-0.3, -0.25) is 4.79 Å². The number of carbonyl (C=O) groups excluding carboxylic acids is 1. The highest BCUT2D eigenvalue weighted by Crippen LogP contribution is 2.42. The van der Waals surface area contributed by atoms with Crippen molar-refractivity contribution in [3.8, 4) is 0 Å². The van der Waals surface area contributed by atoms with E-state index in [1.807, 2.05) is 0 Å². The van der Waals surface area contributed by atoms with Gasteiger partial charge in [-0.05, 0) is 35.9 Å². The van der Waals surface area contributed by atoms with Gasteiger partial charge >= 0.3 is 12.4 Å². The van der Waals surface area contributed by atoms with E-state index in [0.29, 0.717) is 11.8 Å². The lowest BCUT2D eigenvalue weighted by molar-refractivity contribution is -0.140. The van der Waals surface area contributed by atoms with Crippen molar-refractivity contribution in [2.24, 2.45) is 0 Å². The van der Waals surface area contributed by atoms with Crippen LogP contribution in [0.3, 0.4) is 0 Å². The predicted molar refractivity (Wildman–Crippen MR) is 126 cm³/mol. The van der Waals surface area contributed by atoms with Crippen LogP contribution in [0.5, 0.6) is 0 Å². The summed E-state index contributed by atoms with van der Waals surface area (Å²) in [5, 5.41) is 8.76. The van der Waals surface area contributed by atoms with Gasteiger partial charge in [0.05, 0.1) is 45.3 Å². The molecule has 37 heavy (non-hydrogen) atoms. The highest BCUT2D eigenvalue weighted by Gasteiger charge is 2.41. The predicted octanol–water partition coefficient (Wildman–Crippen LogP) is 8.41.